The minimum Gasteiger partial charge on any atom is -0.356 e. The van der Waals surface area contributed by atoms with Crippen LogP contribution >= 0.6 is 0 Å². The molecule has 0 aromatic rings. The summed E-state index contributed by atoms with van der Waals surface area (Å²) in [5, 5.41) is 6.39. The van der Waals surface area contributed by atoms with Gasteiger partial charge in [0.25, 0.3) is 0 Å². The molecule has 0 spiro atoms. The van der Waals surface area contributed by atoms with Crippen molar-refractivity contribution in [2.75, 3.05) is 26.2 Å². The molecule has 0 radical (unpaired) electrons. The standard InChI is InChI=1S/C18H39N3O/c1-7-15(2)18(6,13-17(3,4)5)14-21-16(22)9-12-20-11-8-10-19/h15,20H,7-14,19H2,1-6H3,(H,21,22). The van der Waals surface area contributed by atoms with E-state index in [2.05, 4.69) is 52.2 Å². The quantitative estimate of drug-likeness (QED) is 0.514. The summed E-state index contributed by atoms with van der Waals surface area (Å²) in [6.07, 6.45) is 3.75. The average molecular weight is 314 g/mol. The van der Waals surface area contributed by atoms with Crippen molar-refractivity contribution in [1.29, 1.82) is 0 Å². The van der Waals surface area contributed by atoms with Crippen molar-refractivity contribution in [3.63, 3.8) is 0 Å². The van der Waals surface area contributed by atoms with Gasteiger partial charge < -0.3 is 16.4 Å². The van der Waals surface area contributed by atoms with Gasteiger partial charge in [0.1, 0.15) is 0 Å². The van der Waals surface area contributed by atoms with Gasteiger partial charge >= 0.3 is 0 Å². The topological polar surface area (TPSA) is 67.2 Å². The summed E-state index contributed by atoms with van der Waals surface area (Å²) in [7, 11) is 0. The zero-order valence-corrected chi connectivity index (χ0v) is 15.7. The van der Waals surface area contributed by atoms with Gasteiger partial charge in [0, 0.05) is 19.5 Å². The lowest BCUT2D eigenvalue weighted by molar-refractivity contribution is -0.121. The third kappa shape index (κ3) is 9.42. The Morgan fingerprint density at radius 1 is 1.18 bits per heavy atom. The zero-order valence-electron chi connectivity index (χ0n) is 15.7. The molecule has 2 unspecified atom stereocenters. The lowest BCUT2D eigenvalue weighted by Gasteiger charge is -2.40. The molecule has 0 aliphatic rings. The van der Waals surface area contributed by atoms with E-state index in [1.54, 1.807) is 0 Å². The van der Waals surface area contributed by atoms with Crippen LogP contribution < -0.4 is 16.4 Å². The minimum absolute atomic E-state index is 0.142. The van der Waals surface area contributed by atoms with Crippen LogP contribution in [0, 0.1) is 16.7 Å². The third-order valence-corrected chi connectivity index (χ3v) is 4.51. The number of hydrogen-bond acceptors (Lipinski definition) is 3. The van der Waals surface area contributed by atoms with Gasteiger partial charge in [0.15, 0.2) is 0 Å². The Bertz CT molecular complexity index is 312. The minimum atomic E-state index is 0.142. The highest BCUT2D eigenvalue weighted by Gasteiger charge is 2.34. The fourth-order valence-electron chi connectivity index (χ4n) is 3.06. The fraction of sp³-hybridized carbons (Fsp3) is 0.944. The molecule has 0 aromatic heterocycles. The van der Waals surface area contributed by atoms with Crippen LogP contribution in [0.2, 0.25) is 0 Å². The second-order valence-electron chi connectivity index (χ2n) is 8.12. The number of rotatable bonds is 11. The molecule has 0 aromatic carbocycles. The molecule has 22 heavy (non-hydrogen) atoms. The Balaban J connectivity index is 4.30. The van der Waals surface area contributed by atoms with E-state index in [4.69, 9.17) is 5.73 Å². The normalized spacial score (nSPS) is 16.1. The van der Waals surface area contributed by atoms with E-state index in [1.807, 2.05) is 0 Å². The molecule has 4 N–H and O–H groups in total. The summed E-state index contributed by atoms with van der Waals surface area (Å²) in [4.78, 5) is 12.0. The van der Waals surface area contributed by atoms with Gasteiger partial charge in [-0.2, -0.15) is 0 Å². The summed E-state index contributed by atoms with van der Waals surface area (Å²) < 4.78 is 0. The number of carbonyl (C=O) groups excluding carboxylic acids is 1. The molecule has 0 aliphatic heterocycles. The van der Waals surface area contributed by atoms with Crippen LogP contribution in [0.4, 0.5) is 0 Å². The van der Waals surface area contributed by atoms with E-state index in [9.17, 15) is 4.79 Å². The van der Waals surface area contributed by atoms with Gasteiger partial charge in [-0.1, -0.05) is 48.0 Å². The van der Waals surface area contributed by atoms with Crippen LogP contribution in [-0.4, -0.2) is 32.1 Å². The van der Waals surface area contributed by atoms with Crippen molar-refractivity contribution < 1.29 is 4.79 Å². The molecule has 0 bridgehead atoms. The summed E-state index contributed by atoms with van der Waals surface area (Å²) in [5.74, 6) is 0.735. The van der Waals surface area contributed by atoms with Crippen molar-refractivity contribution in [2.24, 2.45) is 22.5 Å². The van der Waals surface area contributed by atoms with E-state index in [1.165, 1.54) is 0 Å². The Morgan fingerprint density at radius 3 is 2.32 bits per heavy atom. The maximum Gasteiger partial charge on any atom is 0.221 e. The smallest absolute Gasteiger partial charge is 0.221 e. The molecule has 2 atom stereocenters. The molecule has 0 aliphatic carbocycles. The molecule has 0 fully saturated rings. The first-order valence-corrected chi connectivity index (χ1v) is 8.82. The van der Waals surface area contributed by atoms with Crippen molar-refractivity contribution in [2.45, 2.75) is 67.2 Å². The number of hydrogen-bond donors (Lipinski definition) is 3. The molecule has 0 rings (SSSR count). The van der Waals surface area contributed by atoms with Gasteiger partial charge in [-0.15, -0.1) is 0 Å². The van der Waals surface area contributed by atoms with Gasteiger partial charge in [-0.25, -0.2) is 0 Å². The fourth-order valence-corrected chi connectivity index (χ4v) is 3.06. The van der Waals surface area contributed by atoms with Crippen molar-refractivity contribution in [3.8, 4) is 0 Å². The number of nitrogens with one attached hydrogen (secondary N) is 2. The summed E-state index contributed by atoms with van der Waals surface area (Å²) in [6, 6.07) is 0. The van der Waals surface area contributed by atoms with Crippen LogP contribution in [0.5, 0.6) is 0 Å². The SMILES string of the molecule is CCC(C)C(C)(CNC(=O)CCNCCCN)CC(C)(C)C. The molecular formula is C18H39N3O. The van der Waals surface area contributed by atoms with Crippen LogP contribution in [0.1, 0.15) is 67.2 Å². The molecule has 0 saturated carbocycles. The number of carbonyl (C=O) groups is 1. The molecule has 4 nitrogen and oxygen atoms in total. The molecule has 132 valence electrons. The van der Waals surface area contributed by atoms with Crippen molar-refractivity contribution in [3.05, 3.63) is 0 Å². The highest BCUT2D eigenvalue weighted by molar-refractivity contribution is 5.76. The molecule has 0 saturated heterocycles. The lowest BCUT2D eigenvalue weighted by Crippen LogP contribution is -2.42. The number of nitrogens with two attached hydrogens (primary N) is 1. The Hall–Kier alpha value is -0.610. The lowest BCUT2D eigenvalue weighted by atomic mass is 9.67. The Morgan fingerprint density at radius 2 is 1.82 bits per heavy atom. The van der Waals surface area contributed by atoms with E-state index in [0.717, 1.165) is 38.9 Å². The van der Waals surface area contributed by atoms with Gasteiger partial charge in [-0.3, -0.25) is 4.79 Å². The third-order valence-electron chi connectivity index (χ3n) is 4.51. The molecule has 0 heterocycles. The van der Waals surface area contributed by atoms with E-state index in [0.29, 0.717) is 18.9 Å². The van der Waals surface area contributed by atoms with Gasteiger partial charge in [0.05, 0.1) is 0 Å². The maximum atomic E-state index is 12.0. The average Bonchev–Trinajstić information content (AvgIpc) is 2.42. The monoisotopic (exact) mass is 313 g/mol. The second-order valence-corrected chi connectivity index (χ2v) is 8.12. The summed E-state index contributed by atoms with van der Waals surface area (Å²) in [5.41, 5.74) is 5.86. The first kappa shape index (κ1) is 21.4. The highest BCUT2D eigenvalue weighted by atomic mass is 16.1. The van der Waals surface area contributed by atoms with Gasteiger partial charge in [0.2, 0.25) is 5.91 Å². The molecule has 4 heteroatoms. The maximum absolute atomic E-state index is 12.0. The molecule has 1 amide bonds. The van der Waals surface area contributed by atoms with Crippen LogP contribution in [0.15, 0.2) is 0 Å². The molecular weight excluding hydrogens is 274 g/mol. The van der Waals surface area contributed by atoms with Crippen molar-refractivity contribution >= 4 is 5.91 Å². The van der Waals surface area contributed by atoms with E-state index < -0.39 is 0 Å². The van der Waals surface area contributed by atoms with Crippen LogP contribution in [0.3, 0.4) is 0 Å². The first-order valence-electron chi connectivity index (χ1n) is 8.82. The Labute approximate surface area is 138 Å². The first-order chi connectivity index (χ1) is 10.1. The Kier molecular flexibility index (Phi) is 9.94. The zero-order chi connectivity index (χ0) is 17.2. The van der Waals surface area contributed by atoms with Crippen molar-refractivity contribution in [1.82, 2.24) is 10.6 Å². The second kappa shape index (κ2) is 10.2. The predicted octanol–water partition coefficient (Wildman–Crippen LogP) is 2.92. The van der Waals surface area contributed by atoms with Gasteiger partial charge in [-0.05, 0) is 42.7 Å². The number of amides is 1. The van der Waals surface area contributed by atoms with Crippen LogP contribution in [-0.2, 0) is 4.79 Å². The highest BCUT2D eigenvalue weighted by Crippen LogP contribution is 2.40. The van der Waals surface area contributed by atoms with E-state index >= 15 is 0 Å². The largest absolute Gasteiger partial charge is 0.356 e. The predicted molar refractivity (Wildman–Crippen MR) is 95.8 cm³/mol. The summed E-state index contributed by atoms with van der Waals surface area (Å²) in [6.45, 7) is 16.7. The summed E-state index contributed by atoms with van der Waals surface area (Å²) >= 11 is 0. The van der Waals surface area contributed by atoms with Crippen LogP contribution in [0.25, 0.3) is 0 Å². The van der Waals surface area contributed by atoms with E-state index in [-0.39, 0.29) is 16.7 Å².